The SMILES string of the molecule is CN=C(NCCc1cccc(Cl)c1)N1CCCC(CC(N)=O)C1. The number of carbonyl (C=O) groups excluding carboxylic acids is 1. The molecule has 0 aromatic heterocycles. The lowest BCUT2D eigenvalue weighted by Crippen LogP contribution is -2.47. The molecular formula is C17H25ClN4O. The summed E-state index contributed by atoms with van der Waals surface area (Å²) >= 11 is 6.00. The van der Waals surface area contributed by atoms with Crippen LogP contribution in [-0.2, 0) is 11.2 Å². The van der Waals surface area contributed by atoms with Crippen molar-refractivity contribution in [3.8, 4) is 0 Å². The molecule has 2 rings (SSSR count). The molecule has 6 heteroatoms. The number of nitrogens with two attached hydrogens (primary N) is 1. The van der Waals surface area contributed by atoms with Crippen molar-refractivity contribution in [2.45, 2.75) is 25.7 Å². The third-order valence-corrected chi connectivity index (χ3v) is 4.34. The number of aliphatic imine (C=N–C) groups is 1. The molecule has 1 aliphatic heterocycles. The van der Waals surface area contributed by atoms with Gasteiger partial charge in [0.15, 0.2) is 5.96 Å². The van der Waals surface area contributed by atoms with Crippen molar-refractivity contribution in [1.29, 1.82) is 0 Å². The molecule has 0 spiro atoms. The van der Waals surface area contributed by atoms with E-state index in [1.54, 1.807) is 7.05 Å². The van der Waals surface area contributed by atoms with Crippen molar-refractivity contribution < 1.29 is 4.79 Å². The van der Waals surface area contributed by atoms with E-state index in [1.165, 1.54) is 5.56 Å². The number of hydrogen-bond donors (Lipinski definition) is 2. The zero-order chi connectivity index (χ0) is 16.7. The number of amides is 1. The minimum absolute atomic E-state index is 0.222. The first-order valence-electron chi connectivity index (χ1n) is 8.07. The number of benzene rings is 1. The summed E-state index contributed by atoms with van der Waals surface area (Å²) in [6.45, 7) is 2.59. The van der Waals surface area contributed by atoms with Crippen LogP contribution in [-0.4, -0.2) is 43.4 Å². The first kappa shape index (κ1) is 17.6. The fourth-order valence-corrected chi connectivity index (χ4v) is 3.26. The van der Waals surface area contributed by atoms with E-state index in [2.05, 4.69) is 21.3 Å². The Hall–Kier alpha value is -1.75. The molecule has 1 saturated heterocycles. The summed E-state index contributed by atoms with van der Waals surface area (Å²) in [5.41, 5.74) is 6.52. The maximum absolute atomic E-state index is 11.1. The van der Waals surface area contributed by atoms with Gasteiger partial charge < -0.3 is 16.0 Å². The molecule has 23 heavy (non-hydrogen) atoms. The van der Waals surface area contributed by atoms with Crippen molar-refractivity contribution in [3.63, 3.8) is 0 Å². The normalized spacial score (nSPS) is 18.8. The fraction of sp³-hybridized carbons (Fsp3) is 0.529. The molecule has 0 radical (unpaired) electrons. The number of primary amides is 1. The molecule has 1 aliphatic rings. The first-order chi connectivity index (χ1) is 11.1. The van der Waals surface area contributed by atoms with Gasteiger partial charge in [-0.1, -0.05) is 23.7 Å². The number of hydrogen-bond acceptors (Lipinski definition) is 2. The molecule has 1 unspecified atom stereocenters. The summed E-state index contributed by atoms with van der Waals surface area (Å²) in [7, 11) is 1.79. The highest BCUT2D eigenvalue weighted by Crippen LogP contribution is 2.19. The van der Waals surface area contributed by atoms with Crippen molar-refractivity contribution in [2.75, 3.05) is 26.7 Å². The lowest BCUT2D eigenvalue weighted by molar-refractivity contribution is -0.119. The molecule has 0 saturated carbocycles. The van der Waals surface area contributed by atoms with Gasteiger partial charge in [-0.05, 0) is 42.9 Å². The monoisotopic (exact) mass is 336 g/mol. The Morgan fingerprint density at radius 3 is 3.04 bits per heavy atom. The van der Waals surface area contributed by atoms with E-state index in [0.717, 1.165) is 49.9 Å². The van der Waals surface area contributed by atoms with Crippen LogP contribution in [0.3, 0.4) is 0 Å². The number of nitrogens with one attached hydrogen (secondary N) is 1. The Labute approximate surface area is 142 Å². The lowest BCUT2D eigenvalue weighted by Gasteiger charge is -2.34. The molecule has 1 heterocycles. The third kappa shape index (κ3) is 5.75. The summed E-state index contributed by atoms with van der Waals surface area (Å²) in [5, 5.41) is 4.16. The van der Waals surface area contributed by atoms with E-state index in [-0.39, 0.29) is 5.91 Å². The number of piperidine rings is 1. The molecule has 1 aromatic rings. The van der Waals surface area contributed by atoms with Gasteiger partial charge in [-0.2, -0.15) is 0 Å². The van der Waals surface area contributed by atoms with Crippen molar-refractivity contribution in [2.24, 2.45) is 16.6 Å². The highest BCUT2D eigenvalue weighted by atomic mass is 35.5. The van der Waals surface area contributed by atoms with Crippen LogP contribution in [0.5, 0.6) is 0 Å². The number of nitrogens with zero attached hydrogens (tertiary/aromatic N) is 2. The Balaban J connectivity index is 1.83. The molecule has 5 nitrogen and oxygen atoms in total. The number of likely N-dealkylation sites (tertiary alicyclic amines) is 1. The summed E-state index contributed by atoms with van der Waals surface area (Å²) in [5.74, 6) is 0.995. The zero-order valence-electron chi connectivity index (χ0n) is 13.6. The van der Waals surface area contributed by atoms with E-state index in [9.17, 15) is 4.79 Å². The summed E-state index contributed by atoms with van der Waals surface area (Å²) < 4.78 is 0. The second-order valence-corrected chi connectivity index (χ2v) is 6.42. The third-order valence-electron chi connectivity index (χ3n) is 4.11. The molecule has 0 bridgehead atoms. The molecule has 126 valence electrons. The quantitative estimate of drug-likeness (QED) is 0.638. The average molecular weight is 337 g/mol. The van der Waals surface area contributed by atoms with Crippen LogP contribution < -0.4 is 11.1 Å². The van der Waals surface area contributed by atoms with E-state index < -0.39 is 0 Å². The maximum atomic E-state index is 11.1. The molecule has 0 aliphatic carbocycles. The summed E-state index contributed by atoms with van der Waals surface area (Å²) in [6, 6.07) is 7.89. The van der Waals surface area contributed by atoms with Crippen LogP contribution in [0.25, 0.3) is 0 Å². The Morgan fingerprint density at radius 2 is 2.35 bits per heavy atom. The highest BCUT2D eigenvalue weighted by Gasteiger charge is 2.23. The Morgan fingerprint density at radius 1 is 1.52 bits per heavy atom. The van der Waals surface area contributed by atoms with E-state index in [0.29, 0.717) is 12.3 Å². The predicted octanol–water partition coefficient (Wildman–Crippen LogP) is 2.05. The van der Waals surface area contributed by atoms with Gasteiger partial charge in [-0.3, -0.25) is 9.79 Å². The van der Waals surface area contributed by atoms with Gasteiger partial charge in [0.05, 0.1) is 0 Å². The highest BCUT2D eigenvalue weighted by molar-refractivity contribution is 6.30. The van der Waals surface area contributed by atoms with E-state index in [1.807, 2.05) is 18.2 Å². The second kappa shape index (κ2) is 8.77. The minimum atomic E-state index is -0.222. The van der Waals surface area contributed by atoms with Gasteiger partial charge in [0.1, 0.15) is 0 Å². The van der Waals surface area contributed by atoms with Crippen LogP contribution in [0.1, 0.15) is 24.8 Å². The van der Waals surface area contributed by atoms with Crippen molar-refractivity contribution in [1.82, 2.24) is 10.2 Å². The summed E-state index contributed by atoms with van der Waals surface area (Å²) in [6.07, 6.45) is 3.46. The number of guanidine groups is 1. The van der Waals surface area contributed by atoms with Crippen molar-refractivity contribution in [3.05, 3.63) is 34.9 Å². The maximum Gasteiger partial charge on any atom is 0.217 e. The molecule has 1 fully saturated rings. The number of halogens is 1. The van der Waals surface area contributed by atoms with Crippen LogP contribution in [0, 0.1) is 5.92 Å². The molecule has 1 aromatic carbocycles. The van der Waals surface area contributed by atoms with Gasteiger partial charge >= 0.3 is 0 Å². The van der Waals surface area contributed by atoms with Crippen molar-refractivity contribution >= 4 is 23.5 Å². The van der Waals surface area contributed by atoms with Crippen LogP contribution in [0.4, 0.5) is 0 Å². The van der Waals surface area contributed by atoms with Crippen LogP contribution in [0.2, 0.25) is 5.02 Å². The van der Waals surface area contributed by atoms with Gasteiger partial charge in [0.25, 0.3) is 0 Å². The second-order valence-electron chi connectivity index (χ2n) is 5.98. The number of carbonyl (C=O) groups is 1. The van der Waals surface area contributed by atoms with Gasteiger partial charge in [0.2, 0.25) is 5.91 Å². The lowest BCUT2D eigenvalue weighted by atomic mass is 9.95. The van der Waals surface area contributed by atoms with Gasteiger partial charge in [-0.25, -0.2) is 0 Å². The molecule has 3 N–H and O–H groups in total. The average Bonchev–Trinajstić information content (AvgIpc) is 2.51. The smallest absolute Gasteiger partial charge is 0.217 e. The van der Waals surface area contributed by atoms with Crippen LogP contribution >= 0.6 is 11.6 Å². The Kier molecular flexibility index (Phi) is 6.71. The van der Waals surface area contributed by atoms with Gasteiger partial charge in [-0.15, -0.1) is 0 Å². The van der Waals surface area contributed by atoms with Gasteiger partial charge in [0, 0.05) is 38.1 Å². The molecular weight excluding hydrogens is 312 g/mol. The standard InChI is InChI=1S/C17H25ClN4O/c1-20-17(21-8-7-13-4-2-6-15(18)10-13)22-9-3-5-14(12-22)11-16(19)23/h2,4,6,10,14H,3,5,7-9,11-12H2,1H3,(H2,19,23)(H,20,21). The fourth-order valence-electron chi connectivity index (χ4n) is 3.05. The first-order valence-corrected chi connectivity index (χ1v) is 8.44. The van der Waals surface area contributed by atoms with E-state index >= 15 is 0 Å². The van der Waals surface area contributed by atoms with E-state index in [4.69, 9.17) is 17.3 Å². The topological polar surface area (TPSA) is 70.7 Å². The zero-order valence-corrected chi connectivity index (χ0v) is 14.4. The molecule has 1 amide bonds. The number of rotatable bonds is 5. The largest absolute Gasteiger partial charge is 0.370 e. The van der Waals surface area contributed by atoms with Crippen LogP contribution in [0.15, 0.2) is 29.3 Å². The predicted molar refractivity (Wildman–Crippen MR) is 94.6 cm³/mol. The Bertz CT molecular complexity index is 561. The minimum Gasteiger partial charge on any atom is -0.370 e. The molecule has 1 atom stereocenters. The summed E-state index contributed by atoms with van der Waals surface area (Å²) in [4.78, 5) is 17.7.